The van der Waals surface area contributed by atoms with Crippen molar-refractivity contribution >= 4 is 32.8 Å². The number of carbonyl (C=O) groups excluding carboxylic acids is 1. The molecule has 0 aliphatic carbocycles. The van der Waals surface area contributed by atoms with Crippen LogP contribution in [0, 0.1) is 10.1 Å². The first kappa shape index (κ1) is 17.2. The number of para-hydroxylation sites is 1. The Kier molecular flexibility index (Phi) is 4.85. The van der Waals surface area contributed by atoms with Crippen LogP contribution in [0.15, 0.2) is 59.2 Å². The van der Waals surface area contributed by atoms with Gasteiger partial charge in [-0.25, -0.2) is 4.79 Å². The second-order valence-electron chi connectivity index (χ2n) is 5.57. The minimum absolute atomic E-state index is 0.583. The first-order valence-electron chi connectivity index (χ1n) is 7.55. The van der Waals surface area contributed by atoms with Crippen molar-refractivity contribution in [2.45, 2.75) is 12.0 Å². The third-order valence-electron chi connectivity index (χ3n) is 4.17. The molecule has 3 aromatic rings. The number of hydrogen-bond donors (Lipinski definition) is 1. The van der Waals surface area contributed by atoms with Crippen LogP contribution in [0.3, 0.4) is 0 Å². The second kappa shape index (κ2) is 7.06. The minimum atomic E-state index is -1.54. The molecule has 2 atom stereocenters. The molecule has 0 radical (unpaired) electrons. The number of rotatable bonds is 5. The maximum absolute atomic E-state index is 12.2. The zero-order valence-electron chi connectivity index (χ0n) is 13.3. The highest BCUT2D eigenvalue weighted by atomic mass is 79.9. The molecule has 0 amide bonds. The SMILES string of the molecule is COC(=O)C([C@@H](c1ccc(Br)cc1)c1c[nH]c2ccccc12)[N+](=O)[O-]. The zero-order valence-corrected chi connectivity index (χ0v) is 14.9. The third-order valence-corrected chi connectivity index (χ3v) is 4.70. The van der Waals surface area contributed by atoms with Gasteiger partial charge in [0.25, 0.3) is 0 Å². The number of nitrogens with zero attached hydrogens (tertiary/aromatic N) is 1. The molecule has 0 saturated carbocycles. The number of benzene rings is 2. The summed E-state index contributed by atoms with van der Waals surface area (Å²) in [4.78, 5) is 26.4. The summed E-state index contributed by atoms with van der Waals surface area (Å²) < 4.78 is 5.56. The molecular formula is C18H15BrN2O4. The lowest BCUT2D eigenvalue weighted by Gasteiger charge is -2.20. The highest BCUT2D eigenvalue weighted by Crippen LogP contribution is 2.35. The number of nitrogens with one attached hydrogen (secondary N) is 1. The van der Waals surface area contributed by atoms with Crippen molar-refractivity contribution in [1.29, 1.82) is 0 Å². The highest BCUT2D eigenvalue weighted by molar-refractivity contribution is 9.10. The van der Waals surface area contributed by atoms with Crippen molar-refractivity contribution in [3.63, 3.8) is 0 Å². The maximum atomic E-state index is 12.2. The molecule has 1 N–H and O–H groups in total. The van der Waals surface area contributed by atoms with E-state index in [2.05, 4.69) is 20.9 Å². The molecule has 25 heavy (non-hydrogen) atoms. The Morgan fingerprint density at radius 3 is 2.52 bits per heavy atom. The number of nitro groups is 1. The first-order valence-corrected chi connectivity index (χ1v) is 8.35. The summed E-state index contributed by atoms with van der Waals surface area (Å²) in [5.74, 6) is -1.64. The van der Waals surface area contributed by atoms with E-state index in [-0.39, 0.29) is 0 Å². The van der Waals surface area contributed by atoms with Crippen LogP contribution in [0.1, 0.15) is 17.0 Å². The van der Waals surface area contributed by atoms with Crippen LogP contribution in [0.25, 0.3) is 10.9 Å². The van der Waals surface area contributed by atoms with E-state index in [0.717, 1.165) is 22.5 Å². The Morgan fingerprint density at radius 2 is 1.88 bits per heavy atom. The number of aromatic nitrogens is 1. The van der Waals surface area contributed by atoms with Crippen molar-refractivity contribution in [2.75, 3.05) is 7.11 Å². The lowest BCUT2D eigenvalue weighted by molar-refractivity contribution is -0.512. The van der Waals surface area contributed by atoms with E-state index in [4.69, 9.17) is 4.74 Å². The summed E-state index contributed by atoms with van der Waals surface area (Å²) in [7, 11) is 1.16. The van der Waals surface area contributed by atoms with Crippen molar-refractivity contribution in [3.05, 3.63) is 80.4 Å². The molecule has 0 bridgehead atoms. The van der Waals surface area contributed by atoms with Crippen molar-refractivity contribution < 1.29 is 14.5 Å². The molecule has 3 rings (SSSR count). The molecule has 0 aliphatic heterocycles. The standard InChI is InChI=1S/C18H15BrN2O4/c1-25-18(22)17(21(23)24)16(11-6-8-12(19)9-7-11)14-10-20-15-5-3-2-4-13(14)15/h2-10,16-17,20H,1H3/t16-,17?/m0/s1. The summed E-state index contributed by atoms with van der Waals surface area (Å²) in [5.41, 5.74) is 2.21. The van der Waals surface area contributed by atoms with Gasteiger partial charge in [-0.3, -0.25) is 10.1 Å². The number of carbonyl (C=O) groups is 1. The van der Waals surface area contributed by atoms with Gasteiger partial charge in [-0.15, -0.1) is 0 Å². The summed E-state index contributed by atoms with van der Waals surface area (Å²) >= 11 is 3.36. The van der Waals surface area contributed by atoms with Crippen LogP contribution in [0.2, 0.25) is 0 Å². The van der Waals surface area contributed by atoms with Gasteiger partial charge in [0.15, 0.2) is 0 Å². The Labute approximate surface area is 152 Å². The smallest absolute Gasteiger partial charge is 0.382 e. The summed E-state index contributed by atoms with van der Waals surface area (Å²) in [6.07, 6.45) is 1.72. The van der Waals surface area contributed by atoms with Gasteiger partial charge < -0.3 is 9.72 Å². The molecule has 6 nitrogen and oxygen atoms in total. The fraction of sp³-hybridized carbons (Fsp3) is 0.167. The monoisotopic (exact) mass is 402 g/mol. The highest BCUT2D eigenvalue weighted by Gasteiger charge is 2.42. The molecule has 0 fully saturated rings. The predicted octanol–water partition coefficient (Wildman–Crippen LogP) is 3.88. The minimum Gasteiger partial charge on any atom is -0.464 e. The molecule has 1 aromatic heterocycles. The lowest BCUT2D eigenvalue weighted by atomic mass is 9.85. The molecule has 128 valence electrons. The lowest BCUT2D eigenvalue weighted by Crippen LogP contribution is -2.37. The zero-order chi connectivity index (χ0) is 18.0. The van der Waals surface area contributed by atoms with E-state index in [0.29, 0.717) is 11.1 Å². The number of halogens is 1. The summed E-state index contributed by atoms with van der Waals surface area (Å²) in [5, 5.41) is 12.5. The molecule has 0 spiro atoms. The number of ether oxygens (including phenoxy) is 1. The Bertz CT molecular complexity index is 920. The molecule has 0 aliphatic rings. The van der Waals surface area contributed by atoms with Crippen molar-refractivity contribution in [1.82, 2.24) is 4.98 Å². The average Bonchev–Trinajstić information content (AvgIpc) is 3.03. The van der Waals surface area contributed by atoms with Crippen LogP contribution in [0.4, 0.5) is 0 Å². The van der Waals surface area contributed by atoms with Crippen molar-refractivity contribution in [3.8, 4) is 0 Å². The van der Waals surface area contributed by atoms with Gasteiger partial charge in [0.05, 0.1) is 13.0 Å². The number of hydrogen-bond acceptors (Lipinski definition) is 4. The van der Waals surface area contributed by atoms with E-state index in [1.54, 1.807) is 30.5 Å². The molecule has 2 aromatic carbocycles. The van der Waals surface area contributed by atoms with Crippen LogP contribution >= 0.6 is 15.9 Å². The number of esters is 1. The fourth-order valence-electron chi connectivity index (χ4n) is 3.02. The Balaban J connectivity index is 2.22. The number of fused-ring (bicyclic) bond motifs is 1. The van der Waals surface area contributed by atoms with Crippen LogP contribution in [0.5, 0.6) is 0 Å². The normalized spacial score (nSPS) is 13.4. The number of methoxy groups -OCH3 is 1. The van der Waals surface area contributed by atoms with Gasteiger partial charge in [-0.1, -0.05) is 46.3 Å². The Hall–Kier alpha value is -2.67. The van der Waals surface area contributed by atoms with E-state index in [9.17, 15) is 14.9 Å². The van der Waals surface area contributed by atoms with Crippen LogP contribution in [-0.2, 0) is 9.53 Å². The topological polar surface area (TPSA) is 85.2 Å². The second-order valence-corrected chi connectivity index (χ2v) is 6.49. The predicted molar refractivity (Wildman–Crippen MR) is 97.1 cm³/mol. The van der Waals surface area contributed by atoms with E-state index in [1.807, 2.05) is 24.3 Å². The molecule has 1 unspecified atom stereocenters. The molecule has 0 saturated heterocycles. The van der Waals surface area contributed by atoms with E-state index in [1.165, 1.54) is 0 Å². The summed E-state index contributed by atoms with van der Waals surface area (Å²) in [6.45, 7) is 0. The van der Waals surface area contributed by atoms with E-state index >= 15 is 0 Å². The van der Waals surface area contributed by atoms with Gasteiger partial charge in [-0.2, -0.15) is 0 Å². The van der Waals surface area contributed by atoms with Crippen LogP contribution in [-0.4, -0.2) is 29.0 Å². The quantitative estimate of drug-likeness (QED) is 0.398. The number of H-pyrrole nitrogens is 1. The third kappa shape index (κ3) is 3.28. The molecular weight excluding hydrogens is 388 g/mol. The van der Waals surface area contributed by atoms with Gasteiger partial charge in [0.1, 0.15) is 0 Å². The van der Waals surface area contributed by atoms with Gasteiger partial charge >= 0.3 is 12.0 Å². The fourth-order valence-corrected chi connectivity index (χ4v) is 3.28. The van der Waals surface area contributed by atoms with Gasteiger partial charge in [0, 0.05) is 26.5 Å². The van der Waals surface area contributed by atoms with Crippen LogP contribution < -0.4 is 0 Å². The van der Waals surface area contributed by atoms with Gasteiger partial charge in [0.2, 0.25) is 0 Å². The number of aromatic amines is 1. The first-order chi connectivity index (χ1) is 12.0. The summed E-state index contributed by atoms with van der Waals surface area (Å²) in [6, 6.07) is 13.1. The van der Waals surface area contributed by atoms with Gasteiger partial charge in [-0.05, 0) is 29.3 Å². The maximum Gasteiger partial charge on any atom is 0.382 e. The van der Waals surface area contributed by atoms with E-state index < -0.39 is 22.9 Å². The van der Waals surface area contributed by atoms with Crippen molar-refractivity contribution in [2.24, 2.45) is 0 Å². The molecule has 1 heterocycles. The molecule has 7 heteroatoms. The average molecular weight is 403 g/mol. The Morgan fingerprint density at radius 1 is 1.20 bits per heavy atom. The largest absolute Gasteiger partial charge is 0.464 e.